The number of hydrogen-bond acceptors (Lipinski definition) is 3. The third-order valence-electron chi connectivity index (χ3n) is 3.82. The molecule has 0 aromatic heterocycles. The van der Waals surface area contributed by atoms with E-state index in [1.54, 1.807) is 0 Å². The topological polar surface area (TPSA) is 41.5 Å². The summed E-state index contributed by atoms with van der Waals surface area (Å²) in [7, 11) is 0. The van der Waals surface area contributed by atoms with Gasteiger partial charge >= 0.3 is 0 Å². The molecule has 2 N–H and O–H groups in total. The van der Waals surface area contributed by atoms with Crippen LogP contribution in [0.3, 0.4) is 0 Å². The van der Waals surface area contributed by atoms with Crippen LogP contribution < -0.4 is 5.32 Å². The third-order valence-corrected chi connectivity index (χ3v) is 3.82. The fourth-order valence-electron chi connectivity index (χ4n) is 2.79. The molecule has 0 aromatic carbocycles. The SMILES string of the molecule is O[C@@H](CNC1CCCC1)COC1CCCC1. The van der Waals surface area contributed by atoms with E-state index in [2.05, 4.69) is 5.32 Å². The van der Waals surface area contributed by atoms with Gasteiger partial charge in [0.2, 0.25) is 0 Å². The normalized spacial score (nSPS) is 25.3. The Morgan fingerprint density at radius 3 is 2.38 bits per heavy atom. The van der Waals surface area contributed by atoms with Gasteiger partial charge in [0.05, 0.1) is 18.8 Å². The molecule has 2 aliphatic carbocycles. The summed E-state index contributed by atoms with van der Waals surface area (Å²) in [5.74, 6) is 0. The zero-order valence-corrected chi connectivity index (χ0v) is 10.2. The summed E-state index contributed by atoms with van der Waals surface area (Å²) in [6.45, 7) is 1.20. The van der Waals surface area contributed by atoms with Gasteiger partial charge in [0.15, 0.2) is 0 Å². The summed E-state index contributed by atoms with van der Waals surface area (Å²) < 4.78 is 5.69. The lowest BCUT2D eigenvalue weighted by molar-refractivity contribution is -0.00617. The molecule has 0 radical (unpaired) electrons. The van der Waals surface area contributed by atoms with Gasteiger partial charge in [0.25, 0.3) is 0 Å². The van der Waals surface area contributed by atoms with Gasteiger partial charge in [-0.2, -0.15) is 0 Å². The van der Waals surface area contributed by atoms with Gasteiger partial charge in [-0.15, -0.1) is 0 Å². The first-order valence-corrected chi connectivity index (χ1v) is 6.87. The maximum atomic E-state index is 9.78. The Labute approximate surface area is 98.6 Å². The van der Waals surface area contributed by atoms with Crippen LogP contribution in [-0.4, -0.2) is 36.5 Å². The van der Waals surface area contributed by atoms with Gasteiger partial charge in [0, 0.05) is 12.6 Å². The summed E-state index contributed by atoms with van der Waals surface area (Å²) in [5, 5.41) is 13.2. The predicted molar refractivity (Wildman–Crippen MR) is 64.5 cm³/mol. The highest BCUT2D eigenvalue weighted by molar-refractivity contribution is 4.75. The first kappa shape index (κ1) is 12.3. The number of ether oxygens (including phenoxy) is 1. The van der Waals surface area contributed by atoms with Crippen molar-refractivity contribution in [2.45, 2.75) is 69.6 Å². The van der Waals surface area contributed by atoms with Gasteiger partial charge < -0.3 is 15.2 Å². The number of aliphatic hydroxyl groups is 1. The molecule has 0 saturated heterocycles. The first-order chi connectivity index (χ1) is 7.84. The minimum absolute atomic E-state index is 0.332. The maximum Gasteiger partial charge on any atom is 0.0897 e. The molecule has 0 spiro atoms. The number of hydrogen-bond donors (Lipinski definition) is 2. The molecule has 0 bridgehead atoms. The predicted octanol–water partition coefficient (Wildman–Crippen LogP) is 1.84. The van der Waals surface area contributed by atoms with Crippen molar-refractivity contribution in [3.8, 4) is 0 Å². The lowest BCUT2D eigenvalue weighted by Gasteiger charge is -2.18. The highest BCUT2D eigenvalue weighted by Crippen LogP contribution is 2.21. The van der Waals surface area contributed by atoms with Crippen LogP contribution >= 0.6 is 0 Å². The van der Waals surface area contributed by atoms with Crippen molar-refractivity contribution >= 4 is 0 Å². The Morgan fingerprint density at radius 2 is 1.69 bits per heavy atom. The van der Waals surface area contributed by atoms with E-state index in [1.807, 2.05) is 0 Å². The second-order valence-electron chi connectivity index (χ2n) is 5.28. The van der Waals surface area contributed by atoms with Crippen LogP contribution in [0.5, 0.6) is 0 Å². The zero-order chi connectivity index (χ0) is 11.2. The Bertz CT molecular complexity index is 166. The molecule has 94 valence electrons. The van der Waals surface area contributed by atoms with Crippen LogP contribution in [0.4, 0.5) is 0 Å². The maximum absolute atomic E-state index is 9.78. The third kappa shape index (κ3) is 4.04. The molecule has 2 saturated carbocycles. The van der Waals surface area contributed by atoms with Crippen LogP contribution in [0.15, 0.2) is 0 Å². The van der Waals surface area contributed by atoms with Gasteiger partial charge in [-0.3, -0.25) is 0 Å². The molecule has 3 nitrogen and oxygen atoms in total. The molecule has 16 heavy (non-hydrogen) atoms. The minimum atomic E-state index is -0.332. The molecule has 2 rings (SSSR count). The quantitative estimate of drug-likeness (QED) is 0.727. The second-order valence-corrected chi connectivity index (χ2v) is 5.28. The van der Waals surface area contributed by atoms with Crippen LogP contribution in [0.25, 0.3) is 0 Å². The summed E-state index contributed by atoms with van der Waals surface area (Å²) in [4.78, 5) is 0. The fourth-order valence-corrected chi connectivity index (χ4v) is 2.79. The van der Waals surface area contributed by atoms with Crippen LogP contribution in [-0.2, 0) is 4.74 Å². The summed E-state index contributed by atoms with van der Waals surface area (Å²) in [6, 6.07) is 0.640. The lowest BCUT2D eigenvalue weighted by atomic mass is 10.2. The smallest absolute Gasteiger partial charge is 0.0897 e. The molecule has 1 atom stereocenters. The largest absolute Gasteiger partial charge is 0.389 e. The summed E-state index contributed by atoms with van der Waals surface area (Å²) >= 11 is 0. The Balaban J connectivity index is 1.51. The fraction of sp³-hybridized carbons (Fsp3) is 1.00. The minimum Gasteiger partial charge on any atom is -0.389 e. The summed E-state index contributed by atoms with van der Waals surface area (Å²) in [5.41, 5.74) is 0. The van der Waals surface area contributed by atoms with E-state index in [4.69, 9.17) is 4.74 Å². The first-order valence-electron chi connectivity index (χ1n) is 6.87. The van der Waals surface area contributed by atoms with E-state index < -0.39 is 0 Å². The standard InChI is InChI=1S/C13H25NO2/c15-12(9-14-11-5-1-2-6-11)10-16-13-7-3-4-8-13/h11-15H,1-10H2/t12-/m0/s1. The number of rotatable bonds is 6. The average Bonchev–Trinajstić information content (AvgIpc) is 2.96. The van der Waals surface area contributed by atoms with Gasteiger partial charge in [-0.25, -0.2) is 0 Å². The van der Waals surface area contributed by atoms with Crippen LogP contribution in [0.2, 0.25) is 0 Å². The van der Waals surface area contributed by atoms with Crippen molar-refractivity contribution in [2.75, 3.05) is 13.2 Å². The van der Waals surface area contributed by atoms with Crippen LogP contribution in [0.1, 0.15) is 51.4 Å². The summed E-state index contributed by atoms with van der Waals surface area (Å²) in [6.07, 6.45) is 10.3. The molecule has 3 heteroatoms. The molecular formula is C13H25NO2. The molecule has 0 aromatic rings. The highest BCUT2D eigenvalue weighted by atomic mass is 16.5. The molecular weight excluding hydrogens is 202 g/mol. The zero-order valence-electron chi connectivity index (χ0n) is 10.2. The molecule has 0 amide bonds. The van der Waals surface area contributed by atoms with Crippen molar-refractivity contribution in [3.63, 3.8) is 0 Å². The van der Waals surface area contributed by atoms with E-state index in [0.717, 1.165) is 0 Å². The lowest BCUT2D eigenvalue weighted by Crippen LogP contribution is -2.36. The van der Waals surface area contributed by atoms with E-state index in [1.165, 1.54) is 51.4 Å². The monoisotopic (exact) mass is 227 g/mol. The van der Waals surface area contributed by atoms with Crippen molar-refractivity contribution in [3.05, 3.63) is 0 Å². The molecule has 0 unspecified atom stereocenters. The van der Waals surface area contributed by atoms with Crippen molar-refractivity contribution in [2.24, 2.45) is 0 Å². The van der Waals surface area contributed by atoms with Gasteiger partial charge in [0.1, 0.15) is 0 Å². The van der Waals surface area contributed by atoms with Crippen LogP contribution in [0, 0.1) is 0 Å². The highest BCUT2D eigenvalue weighted by Gasteiger charge is 2.18. The van der Waals surface area contributed by atoms with Crippen molar-refractivity contribution < 1.29 is 9.84 Å². The van der Waals surface area contributed by atoms with Crippen molar-refractivity contribution in [1.29, 1.82) is 0 Å². The van der Waals surface area contributed by atoms with E-state index in [9.17, 15) is 5.11 Å². The van der Waals surface area contributed by atoms with Gasteiger partial charge in [-0.05, 0) is 25.7 Å². The number of nitrogens with one attached hydrogen (secondary N) is 1. The van der Waals surface area contributed by atoms with E-state index in [0.29, 0.717) is 25.3 Å². The van der Waals surface area contributed by atoms with Gasteiger partial charge in [-0.1, -0.05) is 25.7 Å². The number of aliphatic hydroxyl groups excluding tert-OH is 1. The van der Waals surface area contributed by atoms with E-state index in [-0.39, 0.29) is 6.10 Å². The molecule has 0 heterocycles. The van der Waals surface area contributed by atoms with E-state index >= 15 is 0 Å². The molecule has 2 aliphatic rings. The molecule has 2 fully saturated rings. The second kappa shape index (κ2) is 6.58. The Kier molecular flexibility index (Phi) is 5.07. The van der Waals surface area contributed by atoms with Crippen molar-refractivity contribution in [1.82, 2.24) is 5.32 Å². The molecule has 0 aliphatic heterocycles. The Morgan fingerprint density at radius 1 is 1.06 bits per heavy atom. The average molecular weight is 227 g/mol. The Hall–Kier alpha value is -0.120.